The fourth-order valence-corrected chi connectivity index (χ4v) is 2.03. The minimum absolute atomic E-state index is 0.337. The summed E-state index contributed by atoms with van der Waals surface area (Å²) in [6.45, 7) is 10.1. The smallest absolute Gasteiger partial charge is 0.138 e. The van der Waals surface area contributed by atoms with E-state index >= 15 is 0 Å². The molecule has 0 aliphatic carbocycles. The zero-order valence-electron chi connectivity index (χ0n) is 11.8. The van der Waals surface area contributed by atoms with E-state index in [1.807, 2.05) is 11.7 Å². The van der Waals surface area contributed by atoms with Crippen LogP contribution in [0.2, 0.25) is 0 Å². The van der Waals surface area contributed by atoms with E-state index in [4.69, 9.17) is 0 Å². The van der Waals surface area contributed by atoms with Crippen molar-refractivity contribution in [3.05, 3.63) is 12.2 Å². The molecule has 98 valence electrons. The maximum atomic E-state index is 4.31. The van der Waals surface area contributed by atoms with E-state index in [0.717, 1.165) is 25.2 Å². The molecule has 0 saturated heterocycles. The molecule has 0 aliphatic heterocycles. The molecule has 1 N–H and O–H groups in total. The van der Waals surface area contributed by atoms with Gasteiger partial charge in [-0.1, -0.05) is 27.7 Å². The molecule has 0 fully saturated rings. The van der Waals surface area contributed by atoms with Gasteiger partial charge in [-0.15, -0.1) is 0 Å². The Morgan fingerprint density at radius 2 is 2.12 bits per heavy atom. The molecular formula is C13H26N4. The molecule has 1 aromatic heterocycles. The van der Waals surface area contributed by atoms with Gasteiger partial charge >= 0.3 is 0 Å². The molecular weight excluding hydrogens is 212 g/mol. The Bertz CT molecular complexity index is 324. The quantitative estimate of drug-likeness (QED) is 0.826. The molecule has 1 heterocycles. The van der Waals surface area contributed by atoms with Crippen molar-refractivity contribution in [2.45, 2.75) is 53.0 Å². The van der Waals surface area contributed by atoms with E-state index in [1.165, 1.54) is 6.42 Å². The molecule has 0 bridgehead atoms. The monoisotopic (exact) mass is 238 g/mol. The molecule has 17 heavy (non-hydrogen) atoms. The van der Waals surface area contributed by atoms with Crippen LogP contribution >= 0.6 is 0 Å². The third-order valence-electron chi connectivity index (χ3n) is 2.78. The Labute approximate surface area is 105 Å². The van der Waals surface area contributed by atoms with Gasteiger partial charge in [0.2, 0.25) is 0 Å². The van der Waals surface area contributed by atoms with Gasteiger partial charge in [0.1, 0.15) is 12.2 Å². The minimum atomic E-state index is 0.337. The zero-order chi connectivity index (χ0) is 12.9. The van der Waals surface area contributed by atoms with Gasteiger partial charge in [-0.3, -0.25) is 4.68 Å². The van der Waals surface area contributed by atoms with E-state index in [1.54, 1.807) is 6.33 Å². The Morgan fingerprint density at radius 1 is 1.41 bits per heavy atom. The topological polar surface area (TPSA) is 42.7 Å². The average Bonchev–Trinajstić information content (AvgIpc) is 2.59. The first-order valence-electron chi connectivity index (χ1n) is 6.48. The molecule has 0 aliphatic rings. The normalized spacial score (nSPS) is 13.9. The van der Waals surface area contributed by atoms with E-state index < -0.39 is 0 Å². The second kappa shape index (κ2) is 6.15. The van der Waals surface area contributed by atoms with Crippen molar-refractivity contribution in [2.24, 2.45) is 12.5 Å². The first-order chi connectivity index (χ1) is 7.92. The molecule has 1 atom stereocenters. The molecule has 0 saturated carbocycles. The summed E-state index contributed by atoms with van der Waals surface area (Å²) in [5, 5.41) is 7.73. The SMILES string of the molecule is CCCNC(Cc1ncnn1C)CC(C)(C)C. The lowest BCUT2D eigenvalue weighted by Gasteiger charge is -2.26. The largest absolute Gasteiger partial charge is 0.314 e. The maximum Gasteiger partial charge on any atom is 0.138 e. The molecule has 0 spiro atoms. The van der Waals surface area contributed by atoms with Crippen molar-refractivity contribution in [1.29, 1.82) is 0 Å². The minimum Gasteiger partial charge on any atom is -0.314 e. The first kappa shape index (κ1) is 14.2. The highest BCUT2D eigenvalue weighted by molar-refractivity contribution is 4.90. The Kier molecular flexibility index (Phi) is 5.12. The van der Waals surface area contributed by atoms with E-state index in [0.29, 0.717) is 11.5 Å². The lowest BCUT2D eigenvalue weighted by Crippen LogP contribution is -2.36. The highest BCUT2D eigenvalue weighted by Gasteiger charge is 2.20. The third-order valence-corrected chi connectivity index (χ3v) is 2.78. The van der Waals surface area contributed by atoms with Crippen LogP contribution in [-0.2, 0) is 13.5 Å². The number of aromatic nitrogens is 3. The summed E-state index contributed by atoms with van der Waals surface area (Å²) < 4.78 is 1.86. The van der Waals surface area contributed by atoms with E-state index in [-0.39, 0.29) is 0 Å². The predicted molar refractivity (Wildman–Crippen MR) is 70.9 cm³/mol. The van der Waals surface area contributed by atoms with Gasteiger partial charge in [-0.2, -0.15) is 5.10 Å². The highest BCUT2D eigenvalue weighted by Crippen LogP contribution is 2.22. The molecule has 0 aromatic carbocycles. The van der Waals surface area contributed by atoms with Crippen LogP contribution in [0.5, 0.6) is 0 Å². The second-order valence-corrected chi connectivity index (χ2v) is 5.92. The van der Waals surface area contributed by atoms with Crippen LogP contribution in [-0.4, -0.2) is 27.4 Å². The summed E-state index contributed by atoms with van der Waals surface area (Å²) >= 11 is 0. The molecule has 0 radical (unpaired) electrons. The van der Waals surface area contributed by atoms with Gasteiger partial charge in [0.15, 0.2) is 0 Å². The Balaban J connectivity index is 2.60. The van der Waals surface area contributed by atoms with Gasteiger partial charge in [0, 0.05) is 19.5 Å². The van der Waals surface area contributed by atoms with Crippen molar-refractivity contribution in [3.8, 4) is 0 Å². The highest BCUT2D eigenvalue weighted by atomic mass is 15.3. The Morgan fingerprint density at radius 3 is 2.59 bits per heavy atom. The predicted octanol–water partition coefficient (Wildman–Crippen LogP) is 2.16. The van der Waals surface area contributed by atoms with Crippen molar-refractivity contribution in [2.75, 3.05) is 6.54 Å². The summed E-state index contributed by atoms with van der Waals surface area (Å²) in [4.78, 5) is 4.31. The number of aryl methyl sites for hydroxylation is 1. The molecule has 0 amide bonds. The molecule has 4 nitrogen and oxygen atoms in total. The number of nitrogens with one attached hydrogen (secondary N) is 1. The molecule has 1 unspecified atom stereocenters. The lowest BCUT2D eigenvalue weighted by molar-refractivity contribution is 0.303. The summed E-state index contributed by atoms with van der Waals surface area (Å²) in [6.07, 6.45) is 4.90. The van der Waals surface area contributed by atoms with Crippen LogP contribution in [0.15, 0.2) is 6.33 Å². The van der Waals surface area contributed by atoms with Crippen LogP contribution in [0, 0.1) is 5.41 Å². The fourth-order valence-electron chi connectivity index (χ4n) is 2.03. The maximum absolute atomic E-state index is 4.31. The number of hydrogen-bond acceptors (Lipinski definition) is 3. The van der Waals surface area contributed by atoms with Gasteiger partial charge in [-0.25, -0.2) is 4.98 Å². The van der Waals surface area contributed by atoms with Crippen LogP contribution in [0.1, 0.15) is 46.4 Å². The molecule has 4 heteroatoms. The van der Waals surface area contributed by atoms with Gasteiger partial charge in [0.25, 0.3) is 0 Å². The zero-order valence-corrected chi connectivity index (χ0v) is 11.8. The standard InChI is InChI=1S/C13H26N4/c1-6-7-14-11(9-13(2,3)4)8-12-15-10-16-17(12)5/h10-11,14H,6-9H2,1-5H3. The van der Waals surface area contributed by atoms with Gasteiger partial charge in [-0.05, 0) is 24.8 Å². The third kappa shape index (κ3) is 5.31. The fraction of sp³-hybridized carbons (Fsp3) is 0.846. The van der Waals surface area contributed by atoms with Crippen LogP contribution in [0.25, 0.3) is 0 Å². The summed E-state index contributed by atoms with van der Waals surface area (Å²) in [6, 6.07) is 0.484. The molecule has 1 aromatic rings. The summed E-state index contributed by atoms with van der Waals surface area (Å²) in [5.74, 6) is 1.06. The van der Waals surface area contributed by atoms with Crippen molar-refractivity contribution in [3.63, 3.8) is 0 Å². The van der Waals surface area contributed by atoms with E-state index in [9.17, 15) is 0 Å². The number of nitrogens with zero attached hydrogens (tertiary/aromatic N) is 3. The van der Waals surface area contributed by atoms with Gasteiger partial charge < -0.3 is 5.32 Å². The van der Waals surface area contributed by atoms with Crippen molar-refractivity contribution < 1.29 is 0 Å². The second-order valence-electron chi connectivity index (χ2n) is 5.92. The van der Waals surface area contributed by atoms with E-state index in [2.05, 4.69) is 43.1 Å². The number of rotatable bonds is 6. The average molecular weight is 238 g/mol. The lowest BCUT2D eigenvalue weighted by atomic mass is 9.87. The summed E-state index contributed by atoms with van der Waals surface area (Å²) in [5.41, 5.74) is 0.337. The summed E-state index contributed by atoms with van der Waals surface area (Å²) in [7, 11) is 1.95. The number of hydrogen-bond donors (Lipinski definition) is 1. The van der Waals surface area contributed by atoms with Crippen LogP contribution in [0.3, 0.4) is 0 Å². The molecule has 1 rings (SSSR count). The van der Waals surface area contributed by atoms with Crippen molar-refractivity contribution in [1.82, 2.24) is 20.1 Å². The van der Waals surface area contributed by atoms with Crippen molar-refractivity contribution >= 4 is 0 Å². The van der Waals surface area contributed by atoms with Crippen LogP contribution in [0.4, 0.5) is 0 Å². The van der Waals surface area contributed by atoms with Crippen LogP contribution < -0.4 is 5.32 Å². The van der Waals surface area contributed by atoms with Gasteiger partial charge in [0.05, 0.1) is 0 Å². The first-order valence-corrected chi connectivity index (χ1v) is 6.48. The Hall–Kier alpha value is -0.900.